The van der Waals surface area contributed by atoms with Crippen LogP contribution in [0.15, 0.2) is 0 Å². The van der Waals surface area contributed by atoms with Gasteiger partial charge in [0.05, 0.1) is 0 Å². The minimum absolute atomic E-state index is 0. The van der Waals surface area contributed by atoms with Crippen molar-refractivity contribution in [3.63, 3.8) is 0 Å². The van der Waals surface area contributed by atoms with Gasteiger partial charge in [0, 0.05) is 266 Å². The molecule has 0 aliphatic heterocycles. The standard InChI is InChI=1S/9Na. The maximum absolute atomic E-state index is 0. The van der Waals surface area contributed by atoms with E-state index in [-0.39, 0.29) is 266 Å². The van der Waals surface area contributed by atoms with Gasteiger partial charge >= 0.3 is 0 Å². The second kappa shape index (κ2) is 53.7. The third-order valence-corrected chi connectivity index (χ3v) is 0. The molecule has 0 atom stereocenters. The molecule has 0 amide bonds. The minimum Gasteiger partial charge on any atom is 0 e. The third kappa shape index (κ3) is 47.2. The van der Waals surface area contributed by atoms with Gasteiger partial charge in [0.1, 0.15) is 0 Å². The summed E-state index contributed by atoms with van der Waals surface area (Å²) >= 11 is 0. The van der Waals surface area contributed by atoms with Crippen LogP contribution in [0.3, 0.4) is 0 Å². The van der Waals surface area contributed by atoms with E-state index in [9.17, 15) is 0 Å². The first-order valence-corrected chi connectivity index (χ1v) is 0. The van der Waals surface area contributed by atoms with Gasteiger partial charge in [-0.25, -0.2) is 0 Å². The van der Waals surface area contributed by atoms with Gasteiger partial charge in [-0.15, -0.1) is 0 Å². The molecule has 0 aliphatic rings. The summed E-state index contributed by atoms with van der Waals surface area (Å²) in [4.78, 5) is 0. The molecule has 0 fully saturated rings. The van der Waals surface area contributed by atoms with Crippen molar-refractivity contribution in [1.29, 1.82) is 0 Å². The van der Waals surface area contributed by atoms with E-state index in [0.717, 1.165) is 0 Å². The summed E-state index contributed by atoms with van der Waals surface area (Å²) in [5, 5.41) is 0. The molecule has 0 bridgehead atoms. The zero-order valence-corrected chi connectivity index (χ0v) is 27.0. The molecule has 0 heterocycles. The average molecular weight is 207 g/mol. The Labute approximate surface area is 257 Å². The van der Waals surface area contributed by atoms with Crippen LogP contribution in [0.2, 0.25) is 0 Å². The molecule has 0 unspecified atom stereocenters. The first-order valence-electron chi connectivity index (χ1n) is 0. The predicted molar refractivity (Wildman–Crippen MR) is 51.8 cm³/mol. The summed E-state index contributed by atoms with van der Waals surface area (Å²) in [6.45, 7) is 0. The molecular formula is Na9. The molecule has 0 spiro atoms. The molecule has 0 aliphatic carbocycles. The SMILES string of the molecule is [Na].[Na].[Na].[Na].[Na].[Na].[Na].[Na].[Na]. The normalized spacial score (nSPS) is 0. The molecule has 0 saturated carbocycles. The Morgan fingerprint density at radius 2 is 0.111 bits per heavy atom. The fraction of sp³-hybridized carbons (Fsp3) is 0. The van der Waals surface area contributed by atoms with E-state index in [0.29, 0.717) is 0 Å². The van der Waals surface area contributed by atoms with Gasteiger partial charge in [0.2, 0.25) is 0 Å². The Morgan fingerprint density at radius 3 is 0.111 bits per heavy atom. The summed E-state index contributed by atoms with van der Waals surface area (Å²) in [5.74, 6) is 0. The van der Waals surface area contributed by atoms with Crippen LogP contribution >= 0.6 is 0 Å². The van der Waals surface area contributed by atoms with Crippen LogP contribution in [0.4, 0.5) is 0 Å². The summed E-state index contributed by atoms with van der Waals surface area (Å²) < 4.78 is 0. The zero-order chi connectivity index (χ0) is 0. The van der Waals surface area contributed by atoms with E-state index in [1.54, 1.807) is 0 Å². The Kier molecular flexibility index (Phi) is 383. The molecular weight excluding hydrogens is 207 g/mol. The number of rotatable bonds is 0. The zero-order valence-electron chi connectivity index (χ0n) is 9.00. The molecule has 0 aromatic heterocycles. The summed E-state index contributed by atoms with van der Waals surface area (Å²) in [7, 11) is 0. The molecule has 9 heteroatoms. The van der Waals surface area contributed by atoms with Crippen molar-refractivity contribution in [2.24, 2.45) is 0 Å². The van der Waals surface area contributed by atoms with Crippen LogP contribution in [-0.2, 0) is 0 Å². The molecule has 0 aromatic rings. The Balaban J connectivity index is 0. The fourth-order valence-electron chi connectivity index (χ4n) is 0. The van der Waals surface area contributed by atoms with E-state index in [2.05, 4.69) is 0 Å². The van der Waals surface area contributed by atoms with Gasteiger partial charge in [-0.2, -0.15) is 0 Å². The maximum atomic E-state index is 0. The van der Waals surface area contributed by atoms with E-state index < -0.39 is 0 Å². The van der Waals surface area contributed by atoms with Crippen LogP contribution < -0.4 is 0 Å². The average Bonchev–Trinajstić information content (AvgIpc) is 0. The molecule has 0 saturated heterocycles. The first-order chi connectivity index (χ1) is 0. The Morgan fingerprint density at radius 1 is 0.111 bits per heavy atom. The second-order valence-electron chi connectivity index (χ2n) is 0. The van der Waals surface area contributed by atoms with Crippen molar-refractivity contribution in [3.05, 3.63) is 0 Å². The van der Waals surface area contributed by atoms with Crippen molar-refractivity contribution in [1.82, 2.24) is 0 Å². The molecule has 0 nitrogen and oxygen atoms in total. The largest absolute Gasteiger partial charge is 0 e. The van der Waals surface area contributed by atoms with Crippen molar-refractivity contribution in [2.45, 2.75) is 0 Å². The molecule has 0 rings (SSSR count). The van der Waals surface area contributed by atoms with Gasteiger partial charge < -0.3 is 0 Å². The second-order valence-corrected chi connectivity index (χ2v) is 0. The number of hydrogen-bond donors (Lipinski definition) is 0. The van der Waals surface area contributed by atoms with Gasteiger partial charge in [0.15, 0.2) is 0 Å². The van der Waals surface area contributed by atoms with Crippen LogP contribution in [0.25, 0.3) is 0 Å². The number of hydrogen-bond acceptors (Lipinski definition) is 0. The summed E-state index contributed by atoms with van der Waals surface area (Å²) in [5.41, 5.74) is 0. The van der Waals surface area contributed by atoms with Crippen LogP contribution in [0, 0.1) is 0 Å². The summed E-state index contributed by atoms with van der Waals surface area (Å²) in [6, 6.07) is 0. The predicted octanol–water partition coefficient (Wildman–Crippen LogP) is -3.43. The van der Waals surface area contributed by atoms with E-state index in [4.69, 9.17) is 0 Å². The Bertz CT molecular complexity index is 0. The van der Waals surface area contributed by atoms with Gasteiger partial charge in [-0.3, -0.25) is 0 Å². The van der Waals surface area contributed by atoms with Crippen LogP contribution in [-0.4, -0.2) is 266 Å². The van der Waals surface area contributed by atoms with Gasteiger partial charge in [-0.05, 0) is 0 Å². The van der Waals surface area contributed by atoms with Crippen LogP contribution in [0.1, 0.15) is 0 Å². The van der Waals surface area contributed by atoms with Crippen molar-refractivity contribution in [3.8, 4) is 0 Å². The minimum atomic E-state index is 0. The molecule has 0 N–H and O–H groups in total. The van der Waals surface area contributed by atoms with Gasteiger partial charge in [-0.1, -0.05) is 0 Å². The smallest absolute Gasteiger partial charge is 0 e. The van der Waals surface area contributed by atoms with E-state index in [1.165, 1.54) is 0 Å². The third-order valence-electron chi connectivity index (χ3n) is 0. The quantitative estimate of drug-likeness (QED) is 0.363. The van der Waals surface area contributed by atoms with Gasteiger partial charge in [0.25, 0.3) is 0 Å². The monoisotopic (exact) mass is 207 g/mol. The molecule has 9 radical (unpaired) electrons. The molecule has 0 aromatic carbocycles. The van der Waals surface area contributed by atoms with E-state index in [1.807, 2.05) is 0 Å². The fourth-order valence-corrected chi connectivity index (χ4v) is 0. The summed E-state index contributed by atoms with van der Waals surface area (Å²) in [6.07, 6.45) is 0. The van der Waals surface area contributed by atoms with Crippen molar-refractivity contribution in [2.75, 3.05) is 0 Å². The maximum Gasteiger partial charge on any atom is 0 e. The molecule has 9 heavy (non-hydrogen) atoms. The molecule has 9 valence electrons. The van der Waals surface area contributed by atoms with Crippen LogP contribution in [0.5, 0.6) is 0 Å². The topological polar surface area (TPSA) is 0 Å². The first kappa shape index (κ1) is 64.2. The van der Waals surface area contributed by atoms with E-state index >= 15 is 0 Å². The van der Waals surface area contributed by atoms with Crippen molar-refractivity contribution >= 4 is 266 Å². The van der Waals surface area contributed by atoms with Crippen molar-refractivity contribution < 1.29 is 0 Å². The Hall–Kier alpha value is 9.00.